The van der Waals surface area contributed by atoms with Crippen molar-refractivity contribution in [3.8, 4) is 0 Å². The molecule has 0 aliphatic heterocycles. The van der Waals surface area contributed by atoms with Gasteiger partial charge < -0.3 is 9.88 Å². The highest BCUT2D eigenvalue weighted by atomic mass is 32.1. The standard InChI is InChI=1S/C13H19N3S/c1-3-14-12(9-11-5-8-17-10-11)13-15-6-7-16(13)4-2/h5-8,10,12,14H,3-4,9H2,1-2H3. The van der Waals surface area contributed by atoms with E-state index in [2.05, 4.69) is 45.5 Å². The third-order valence-corrected chi connectivity index (χ3v) is 3.60. The average Bonchev–Trinajstić information content (AvgIpc) is 2.98. The Kier molecular flexibility index (Phi) is 4.34. The van der Waals surface area contributed by atoms with Crippen molar-refractivity contribution in [3.05, 3.63) is 40.6 Å². The molecule has 3 nitrogen and oxygen atoms in total. The lowest BCUT2D eigenvalue weighted by Crippen LogP contribution is -2.26. The van der Waals surface area contributed by atoms with Crippen LogP contribution in [0.4, 0.5) is 0 Å². The van der Waals surface area contributed by atoms with Crippen molar-refractivity contribution in [2.24, 2.45) is 0 Å². The molecule has 2 rings (SSSR count). The first-order chi connectivity index (χ1) is 8.35. The van der Waals surface area contributed by atoms with Gasteiger partial charge in [-0.1, -0.05) is 6.92 Å². The number of nitrogens with one attached hydrogen (secondary N) is 1. The minimum absolute atomic E-state index is 0.310. The van der Waals surface area contributed by atoms with Crippen molar-refractivity contribution in [1.29, 1.82) is 0 Å². The summed E-state index contributed by atoms with van der Waals surface area (Å²) in [6.45, 7) is 6.23. The van der Waals surface area contributed by atoms with Gasteiger partial charge in [0.1, 0.15) is 5.82 Å². The molecule has 1 N–H and O–H groups in total. The van der Waals surface area contributed by atoms with Gasteiger partial charge in [-0.15, -0.1) is 0 Å². The second kappa shape index (κ2) is 5.98. The third-order valence-electron chi connectivity index (χ3n) is 2.87. The van der Waals surface area contributed by atoms with E-state index in [4.69, 9.17) is 0 Å². The summed E-state index contributed by atoms with van der Waals surface area (Å²) in [6, 6.07) is 2.50. The minimum Gasteiger partial charge on any atom is -0.334 e. The topological polar surface area (TPSA) is 29.9 Å². The zero-order valence-electron chi connectivity index (χ0n) is 10.4. The fourth-order valence-electron chi connectivity index (χ4n) is 2.04. The zero-order valence-corrected chi connectivity index (χ0v) is 11.2. The number of imidazole rings is 1. The van der Waals surface area contributed by atoms with Crippen LogP contribution in [-0.2, 0) is 13.0 Å². The summed E-state index contributed by atoms with van der Waals surface area (Å²) in [7, 11) is 0. The van der Waals surface area contributed by atoms with Crippen LogP contribution < -0.4 is 5.32 Å². The Morgan fingerprint density at radius 3 is 3.00 bits per heavy atom. The van der Waals surface area contributed by atoms with E-state index in [9.17, 15) is 0 Å². The first-order valence-electron chi connectivity index (χ1n) is 6.10. The maximum absolute atomic E-state index is 4.49. The molecule has 17 heavy (non-hydrogen) atoms. The molecule has 2 heterocycles. The number of hydrogen-bond donors (Lipinski definition) is 1. The quantitative estimate of drug-likeness (QED) is 0.853. The van der Waals surface area contributed by atoms with Crippen molar-refractivity contribution in [2.45, 2.75) is 32.9 Å². The highest BCUT2D eigenvalue weighted by molar-refractivity contribution is 7.07. The molecule has 0 aliphatic carbocycles. The molecule has 0 fully saturated rings. The van der Waals surface area contributed by atoms with Gasteiger partial charge in [-0.05, 0) is 42.3 Å². The van der Waals surface area contributed by atoms with Crippen molar-refractivity contribution in [2.75, 3.05) is 6.54 Å². The van der Waals surface area contributed by atoms with E-state index in [1.807, 2.05) is 12.4 Å². The van der Waals surface area contributed by atoms with Crippen molar-refractivity contribution < 1.29 is 0 Å². The summed E-state index contributed by atoms with van der Waals surface area (Å²) < 4.78 is 2.21. The molecule has 1 atom stereocenters. The summed E-state index contributed by atoms with van der Waals surface area (Å²) in [5.41, 5.74) is 1.38. The Labute approximate surface area is 107 Å². The fourth-order valence-corrected chi connectivity index (χ4v) is 2.73. The maximum atomic E-state index is 4.49. The molecule has 0 bridgehead atoms. The van der Waals surface area contributed by atoms with Gasteiger partial charge in [0.05, 0.1) is 6.04 Å². The molecule has 0 saturated carbocycles. The molecule has 0 amide bonds. The van der Waals surface area contributed by atoms with Crippen LogP contribution >= 0.6 is 11.3 Å². The van der Waals surface area contributed by atoms with Gasteiger partial charge in [-0.3, -0.25) is 0 Å². The van der Waals surface area contributed by atoms with Gasteiger partial charge in [0.2, 0.25) is 0 Å². The number of likely N-dealkylation sites (N-methyl/N-ethyl adjacent to an activating group) is 1. The van der Waals surface area contributed by atoms with Gasteiger partial charge in [-0.25, -0.2) is 4.98 Å². The van der Waals surface area contributed by atoms with E-state index in [1.54, 1.807) is 11.3 Å². The number of aryl methyl sites for hydroxylation is 1. The molecule has 0 aromatic carbocycles. The molecule has 0 saturated heterocycles. The minimum atomic E-state index is 0.310. The molecule has 2 aromatic rings. The number of thiophene rings is 1. The van der Waals surface area contributed by atoms with Crippen LogP contribution in [0.1, 0.15) is 31.3 Å². The normalized spacial score (nSPS) is 12.8. The monoisotopic (exact) mass is 249 g/mol. The summed E-state index contributed by atoms with van der Waals surface area (Å²) in [4.78, 5) is 4.49. The van der Waals surface area contributed by atoms with Crippen LogP contribution in [-0.4, -0.2) is 16.1 Å². The summed E-state index contributed by atoms with van der Waals surface area (Å²) in [5, 5.41) is 7.86. The summed E-state index contributed by atoms with van der Waals surface area (Å²) in [5.74, 6) is 1.14. The molecule has 2 aromatic heterocycles. The van der Waals surface area contributed by atoms with Crippen LogP contribution in [0.2, 0.25) is 0 Å². The number of hydrogen-bond acceptors (Lipinski definition) is 3. The van der Waals surface area contributed by atoms with E-state index in [-0.39, 0.29) is 0 Å². The van der Waals surface area contributed by atoms with E-state index in [0.717, 1.165) is 25.3 Å². The largest absolute Gasteiger partial charge is 0.334 e. The molecule has 1 unspecified atom stereocenters. The highest BCUT2D eigenvalue weighted by Gasteiger charge is 2.16. The first kappa shape index (κ1) is 12.3. The van der Waals surface area contributed by atoms with Crippen LogP contribution in [0, 0.1) is 0 Å². The van der Waals surface area contributed by atoms with Crippen molar-refractivity contribution in [1.82, 2.24) is 14.9 Å². The predicted octanol–water partition coefficient (Wildman–Crippen LogP) is 2.86. The summed E-state index contributed by atoms with van der Waals surface area (Å²) >= 11 is 1.75. The lowest BCUT2D eigenvalue weighted by molar-refractivity contribution is 0.496. The number of nitrogens with zero attached hydrogens (tertiary/aromatic N) is 2. The van der Waals surface area contributed by atoms with Crippen molar-refractivity contribution in [3.63, 3.8) is 0 Å². The smallest absolute Gasteiger partial charge is 0.126 e. The second-order valence-corrected chi connectivity index (χ2v) is 4.80. The predicted molar refractivity (Wildman–Crippen MR) is 72.3 cm³/mol. The number of aromatic nitrogens is 2. The van der Waals surface area contributed by atoms with Gasteiger partial charge in [-0.2, -0.15) is 11.3 Å². The molecular weight excluding hydrogens is 230 g/mol. The molecule has 92 valence electrons. The Hall–Kier alpha value is -1.13. The Balaban J connectivity index is 2.16. The van der Waals surface area contributed by atoms with Gasteiger partial charge in [0.25, 0.3) is 0 Å². The van der Waals surface area contributed by atoms with Crippen LogP contribution in [0.25, 0.3) is 0 Å². The van der Waals surface area contributed by atoms with Crippen LogP contribution in [0.5, 0.6) is 0 Å². The molecule has 0 radical (unpaired) electrons. The number of rotatable bonds is 6. The van der Waals surface area contributed by atoms with Crippen LogP contribution in [0.15, 0.2) is 29.2 Å². The van der Waals surface area contributed by atoms with Gasteiger partial charge in [0, 0.05) is 18.9 Å². The zero-order chi connectivity index (χ0) is 12.1. The SMILES string of the molecule is CCNC(Cc1ccsc1)c1nccn1CC. The Morgan fingerprint density at radius 1 is 1.47 bits per heavy atom. The van der Waals surface area contributed by atoms with Gasteiger partial charge in [0.15, 0.2) is 0 Å². The molecule has 0 aliphatic rings. The van der Waals surface area contributed by atoms with E-state index in [1.165, 1.54) is 5.56 Å². The molecule has 4 heteroatoms. The van der Waals surface area contributed by atoms with E-state index in [0.29, 0.717) is 6.04 Å². The molecule has 0 spiro atoms. The first-order valence-corrected chi connectivity index (χ1v) is 7.04. The fraction of sp³-hybridized carbons (Fsp3) is 0.462. The highest BCUT2D eigenvalue weighted by Crippen LogP contribution is 2.18. The Morgan fingerprint density at radius 2 is 2.35 bits per heavy atom. The van der Waals surface area contributed by atoms with E-state index < -0.39 is 0 Å². The van der Waals surface area contributed by atoms with Gasteiger partial charge >= 0.3 is 0 Å². The molecular formula is C13H19N3S. The lowest BCUT2D eigenvalue weighted by Gasteiger charge is -2.18. The van der Waals surface area contributed by atoms with Crippen LogP contribution in [0.3, 0.4) is 0 Å². The third kappa shape index (κ3) is 2.96. The average molecular weight is 249 g/mol. The summed E-state index contributed by atoms with van der Waals surface area (Å²) in [6.07, 6.45) is 4.94. The van der Waals surface area contributed by atoms with E-state index >= 15 is 0 Å². The lowest BCUT2D eigenvalue weighted by atomic mass is 10.1. The van der Waals surface area contributed by atoms with Crippen molar-refractivity contribution >= 4 is 11.3 Å². The second-order valence-electron chi connectivity index (χ2n) is 4.02. The Bertz CT molecular complexity index is 433. The maximum Gasteiger partial charge on any atom is 0.126 e.